The highest BCUT2D eigenvalue weighted by atomic mass is 32.2. The number of carbonyl (C=O) groups excluding carboxylic acids is 1. The average Bonchev–Trinajstić information content (AvgIpc) is 2.79. The zero-order chi connectivity index (χ0) is 13.0. The number of para-hydroxylation sites is 1. The van der Waals surface area contributed by atoms with E-state index in [1.807, 2.05) is 36.4 Å². The third-order valence-electron chi connectivity index (χ3n) is 2.90. The third kappa shape index (κ3) is 3.15. The number of thioether (sulfide) groups is 1. The van der Waals surface area contributed by atoms with Gasteiger partial charge in [-0.3, -0.25) is 4.79 Å². The smallest absolute Gasteiger partial charge is 0.231 e. The van der Waals surface area contributed by atoms with Gasteiger partial charge in [0.1, 0.15) is 0 Å². The van der Waals surface area contributed by atoms with Crippen molar-refractivity contribution in [2.75, 3.05) is 11.1 Å². The van der Waals surface area contributed by atoms with Gasteiger partial charge in [-0.15, -0.1) is 11.8 Å². The third-order valence-corrected chi connectivity index (χ3v) is 3.85. The van der Waals surface area contributed by atoms with E-state index in [1.165, 1.54) is 0 Å². The highest BCUT2D eigenvalue weighted by Gasteiger charge is 2.23. The summed E-state index contributed by atoms with van der Waals surface area (Å²) in [5.41, 5.74) is 6.65. The number of amides is 1. The molecule has 1 aromatic carbocycles. The second kappa shape index (κ2) is 6.07. The first kappa shape index (κ1) is 13.2. The van der Waals surface area contributed by atoms with Gasteiger partial charge in [-0.2, -0.15) is 0 Å². The number of hydrogen-bond donors (Lipinski definition) is 2. The Morgan fingerprint density at radius 2 is 2.22 bits per heavy atom. The van der Waals surface area contributed by atoms with Crippen LogP contribution in [0.4, 0.5) is 5.69 Å². The topological polar surface area (TPSA) is 55.1 Å². The predicted octanol–water partition coefficient (Wildman–Crippen LogP) is 2.64. The summed E-state index contributed by atoms with van der Waals surface area (Å²) < 4.78 is 0. The first-order valence-electron chi connectivity index (χ1n) is 6.17. The number of nitrogens with two attached hydrogens (primary N) is 1. The Bertz CT molecular complexity index is 459. The Morgan fingerprint density at radius 1 is 1.44 bits per heavy atom. The van der Waals surface area contributed by atoms with Crippen LogP contribution in [0.15, 0.2) is 41.3 Å². The first-order valence-corrected chi connectivity index (χ1v) is 7.16. The lowest BCUT2D eigenvalue weighted by molar-refractivity contribution is -0.118. The van der Waals surface area contributed by atoms with Crippen LogP contribution in [0.1, 0.15) is 13.3 Å². The van der Waals surface area contributed by atoms with Gasteiger partial charge in [0.15, 0.2) is 0 Å². The monoisotopic (exact) mass is 262 g/mol. The molecule has 4 heteroatoms. The van der Waals surface area contributed by atoms with Crippen molar-refractivity contribution < 1.29 is 4.79 Å². The zero-order valence-corrected chi connectivity index (χ0v) is 11.2. The van der Waals surface area contributed by atoms with E-state index in [2.05, 4.69) is 12.2 Å². The fraction of sp³-hybridized carbons (Fsp3) is 0.357. The summed E-state index contributed by atoms with van der Waals surface area (Å²) >= 11 is 1.73. The summed E-state index contributed by atoms with van der Waals surface area (Å²) in [5, 5.41) is 2.99. The summed E-state index contributed by atoms with van der Waals surface area (Å²) in [4.78, 5) is 13.2. The maximum absolute atomic E-state index is 12.1. The minimum atomic E-state index is -0.0975. The molecule has 0 radical (unpaired) electrons. The average molecular weight is 262 g/mol. The Labute approximate surface area is 112 Å². The first-order chi connectivity index (χ1) is 8.70. The lowest BCUT2D eigenvalue weighted by atomic mass is 10.1. The molecule has 1 aliphatic carbocycles. The van der Waals surface area contributed by atoms with E-state index >= 15 is 0 Å². The van der Waals surface area contributed by atoms with Crippen LogP contribution in [0.5, 0.6) is 0 Å². The van der Waals surface area contributed by atoms with Crippen LogP contribution in [0.25, 0.3) is 0 Å². The van der Waals surface area contributed by atoms with Gasteiger partial charge in [0.25, 0.3) is 0 Å². The van der Waals surface area contributed by atoms with Crippen molar-refractivity contribution >= 4 is 23.4 Å². The second-order valence-corrected chi connectivity index (χ2v) is 5.62. The van der Waals surface area contributed by atoms with Gasteiger partial charge in [0, 0.05) is 10.9 Å². The van der Waals surface area contributed by atoms with Crippen molar-refractivity contribution in [3.8, 4) is 0 Å². The van der Waals surface area contributed by atoms with Crippen molar-refractivity contribution in [1.29, 1.82) is 0 Å². The van der Waals surface area contributed by atoms with E-state index in [1.54, 1.807) is 11.8 Å². The molecule has 0 saturated heterocycles. The number of rotatable bonds is 4. The van der Waals surface area contributed by atoms with Gasteiger partial charge in [0.2, 0.25) is 5.91 Å². The molecule has 1 aromatic rings. The molecule has 0 aromatic heterocycles. The molecule has 1 aliphatic rings. The minimum Gasteiger partial charge on any atom is -0.325 e. The molecule has 3 nitrogen and oxygen atoms in total. The van der Waals surface area contributed by atoms with E-state index in [-0.39, 0.29) is 17.9 Å². The number of benzene rings is 1. The lowest BCUT2D eigenvalue weighted by Gasteiger charge is -2.13. The molecule has 2 rings (SSSR count). The van der Waals surface area contributed by atoms with E-state index in [0.29, 0.717) is 6.42 Å². The normalized spacial score (nSPS) is 22.1. The fourth-order valence-electron chi connectivity index (χ4n) is 2.00. The van der Waals surface area contributed by atoms with Crippen molar-refractivity contribution in [2.24, 2.45) is 11.7 Å². The van der Waals surface area contributed by atoms with Gasteiger partial charge >= 0.3 is 0 Å². The molecule has 0 aliphatic heterocycles. The Morgan fingerprint density at radius 3 is 2.89 bits per heavy atom. The summed E-state index contributed by atoms with van der Waals surface area (Å²) in [5.74, 6) is 0.921. The van der Waals surface area contributed by atoms with Gasteiger partial charge < -0.3 is 11.1 Å². The molecule has 0 saturated carbocycles. The summed E-state index contributed by atoms with van der Waals surface area (Å²) in [7, 11) is 0. The van der Waals surface area contributed by atoms with Crippen molar-refractivity contribution in [2.45, 2.75) is 24.3 Å². The molecule has 0 heterocycles. The molecule has 18 heavy (non-hydrogen) atoms. The van der Waals surface area contributed by atoms with Crippen LogP contribution in [0.3, 0.4) is 0 Å². The van der Waals surface area contributed by atoms with Gasteiger partial charge in [-0.05, 0) is 24.3 Å². The van der Waals surface area contributed by atoms with Crippen LogP contribution < -0.4 is 11.1 Å². The number of carbonyl (C=O) groups is 1. The van der Waals surface area contributed by atoms with Crippen LogP contribution in [-0.4, -0.2) is 17.7 Å². The van der Waals surface area contributed by atoms with Gasteiger partial charge in [-0.1, -0.05) is 31.2 Å². The second-order valence-electron chi connectivity index (χ2n) is 4.31. The van der Waals surface area contributed by atoms with Gasteiger partial charge in [0.05, 0.1) is 11.6 Å². The molecule has 96 valence electrons. The van der Waals surface area contributed by atoms with E-state index in [9.17, 15) is 4.79 Å². The molecule has 0 bridgehead atoms. The molecule has 2 atom stereocenters. The Kier molecular flexibility index (Phi) is 4.44. The zero-order valence-electron chi connectivity index (χ0n) is 10.4. The van der Waals surface area contributed by atoms with Crippen LogP contribution in [0.2, 0.25) is 0 Å². The Balaban J connectivity index is 2.05. The van der Waals surface area contributed by atoms with Crippen molar-refractivity contribution in [3.63, 3.8) is 0 Å². The number of hydrogen-bond acceptors (Lipinski definition) is 3. The summed E-state index contributed by atoms with van der Waals surface area (Å²) in [6.07, 6.45) is 4.50. The Hall–Kier alpha value is -1.26. The number of nitrogens with one attached hydrogen (secondary N) is 1. The minimum absolute atomic E-state index is 0.0148. The highest BCUT2D eigenvalue weighted by molar-refractivity contribution is 7.99. The van der Waals surface area contributed by atoms with E-state index < -0.39 is 0 Å². The molecule has 0 spiro atoms. The SMILES string of the molecule is CCSc1ccccc1NC(=O)C1C=CC(N)C1. The number of anilines is 1. The van der Waals surface area contributed by atoms with E-state index in [4.69, 9.17) is 5.73 Å². The summed E-state index contributed by atoms with van der Waals surface area (Å²) in [6, 6.07) is 7.90. The van der Waals surface area contributed by atoms with Crippen molar-refractivity contribution in [1.82, 2.24) is 0 Å². The lowest BCUT2D eigenvalue weighted by Crippen LogP contribution is -2.24. The fourth-order valence-corrected chi connectivity index (χ4v) is 2.76. The van der Waals surface area contributed by atoms with E-state index in [0.717, 1.165) is 16.3 Å². The maximum atomic E-state index is 12.1. The standard InChI is InChI=1S/C14H18N2OS/c1-2-18-13-6-4-3-5-12(13)16-14(17)10-7-8-11(15)9-10/h3-8,10-11H,2,9,15H2,1H3,(H,16,17). The molecule has 2 unspecified atom stereocenters. The van der Waals surface area contributed by atoms with Crippen molar-refractivity contribution in [3.05, 3.63) is 36.4 Å². The van der Waals surface area contributed by atoms with Crippen LogP contribution >= 0.6 is 11.8 Å². The summed E-state index contributed by atoms with van der Waals surface area (Å²) in [6.45, 7) is 2.10. The van der Waals surface area contributed by atoms with Gasteiger partial charge in [-0.25, -0.2) is 0 Å². The van der Waals surface area contributed by atoms with Crippen LogP contribution in [-0.2, 0) is 4.79 Å². The quantitative estimate of drug-likeness (QED) is 0.648. The maximum Gasteiger partial charge on any atom is 0.231 e. The predicted molar refractivity (Wildman–Crippen MR) is 76.7 cm³/mol. The highest BCUT2D eigenvalue weighted by Crippen LogP contribution is 2.28. The molecular formula is C14H18N2OS. The van der Waals surface area contributed by atoms with Crippen LogP contribution in [0, 0.1) is 5.92 Å². The molecule has 0 fully saturated rings. The largest absolute Gasteiger partial charge is 0.325 e. The molecular weight excluding hydrogens is 244 g/mol. The molecule has 3 N–H and O–H groups in total. The molecule has 1 amide bonds.